The fourth-order valence-electron chi connectivity index (χ4n) is 6.51. The lowest BCUT2D eigenvalue weighted by atomic mass is 9.59. The van der Waals surface area contributed by atoms with Crippen LogP contribution in [0.4, 0.5) is 10.8 Å². The van der Waals surface area contributed by atoms with Crippen molar-refractivity contribution in [1.29, 1.82) is 0 Å². The van der Waals surface area contributed by atoms with E-state index in [4.69, 9.17) is 5.73 Å². The molecule has 12 heteroatoms. The molecule has 1 amide bonds. The van der Waals surface area contributed by atoms with E-state index in [0.29, 0.717) is 29.1 Å². The van der Waals surface area contributed by atoms with Crippen molar-refractivity contribution in [2.45, 2.75) is 32.4 Å². The van der Waals surface area contributed by atoms with Gasteiger partial charge in [0, 0.05) is 42.8 Å². The molecule has 1 fully saturated rings. The van der Waals surface area contributed by atoms with Crippen LogP contribution in [0.5, 0.6) is 5.75 Å². The number of rotatable bonds is 6. The lowest BCUT2D eigenvalue weighted by Crippen LogP contribution is -2.55. The second-order valence-electron chi connectivity index (χ2n) is 11.1. The van der Waals surface area contributed by atoms with Gasteiger partial charge in [-0.15, -0.1) is 11.3 Å². The van der Waals surface area contributed by atoms with Crippen LogP contribution in [0.25, 0.3) is 5.76 Å². The zero-order valence-electron chi connectivity index (χ0n) is 23.0. The number of nitrogens with one attached hydrogen (secondary N) is 1. The van der Waals surface area contributed by atoms with Crippen molar-refractivity contribution >= 4 is 45.4 Å². The minimum Gasteiger partial charge on any atom is -0.510 e. The number of nitrogens with zero attached hydrogens (tertiary/aromatic N) is 3. The number of phenols is 1. The van der Waals surface area contributed by atoms with Crippen molar-refractivity contribution in [2.75, 3.05) is 38.4 Å². The van der Waals surface area contributed by atoms with Gasteiger partial charge < -0.3 is 31.3 Å². The summed E-state index contributed by atoms with van der Waals surface area (Å²) in [7, 11) is 7.12. The molecule has 3 aliphatic rings. The van der Waals surface area contributed by atoms with Gasteiger partial charge in [0.25, 0.3) is 5.91 Å². The summed E-state index contributed by atoms with van der Waals surface area (Å²) in [6.07, 6.45) is 0.645. The van der Waals surface area contributed by atoms with Crippen molar-refractivity contribution < 1.29 is 29.7 Å². The number of nitrogens with two attached hydrogens (primary N) is 1. The highest BCUT2D eigenvalue weighted by Gasteiger charge is 2.55. The highest BCUT2D eigenvalue weighted by Crippen LogP contribution is 2.52. The largest absolute Gasteiger partial charge is 0.510 e. The van der Waals surface area contributed by atoms with E-state index in [0.717, 1.165) is 11.4 Å². The van der Waals surface area contributed by atoms with E-state index in [2.05, 4.69) is 10.3 Å². The van der Waals surface area contributed by atoms with E-state index in [9.17, 15) is 29.7 Å². The lowest BCUT2D eigenvalue weighted by Gasteiger charge is -2.46. The van der Waals surface area contributed by atoms with Crippen LogP contribution in [0.2, 0.25) is 0 Å². The number of ketones is 2. The van der Waals surface area contributed by atoms with E-state index >= 15 is 0 Å². The van der Waals surface area contributed by atoms with Crippen molar-refractivity contribution in [3.8, 4) is 5.75 Å². The average Bonchev–Trinajstić information content (AvgIpc) is 3.27. The fourth-order valence-corrected chi connectivity index (χ4v) is 7.20. The number of aliphatic hydroxyl groups is 2. The number of aryl methyl sites for hydroxylation is 1. The Labute approximate surface area is 235 Å². The Morgan fingerprint density at radius 3 is 2.45 bits per heavy atom. The molecule has 6 N–H and O–H groups in total. The number of aromatic nitrogens is 1. The van der Waals surface area contributed by atoms with Crippen LogP contribution in [0.15, 0.2) is 28.4 Å². The molecule has 4 atom stereocenters. The number of allylic oxidation sites excluding steroid dienone is 1. The Kier molecular flexibility index (Phi) is 6.87. The minimum atomic E-state index is -1.28. The Morgan fingerprint density at radius 2 is 1.88 bits per heavy atom. The van der Waals surface area contributed by atoms with Gasteiger partial charge in [-0.05, 0) is 57.3 Å². The van der Waals surface area contributed by atoms with Crippen molar-refractivity contribution in [1.82, 2.24) is 9.88 Å². The van der Waals surface area contributed by atoms with E-state index in [1.807, 2.05) is 37.4 Å². The van der Waals surface area contributed by atoms with Gasteiger partial charge in [-0.2, -0.15) is 0 Å². The number of fused-ring (bicyclic) bond motifs is 3. The summed E-state index contributed by atoms with van der Waals surface area (Å²) in [6, 6.07) is 1.08. The van der Waals surface area contributed by atoms with E-state index in [1.165, 1.54) is 11.3 Å². The second kappa shape index (κ2) is 9.93. The molecule has 4 unspecified atom stereocenters. The Hall–Kier alpha value is -3.90. The van der Waals surface area contributed by atoms with Crippen LogP contribution in [-0.2, 0) is 27.3 Å². The number of carbonyl (C=O) groups is 3. The van der Waals surface area contributed by atoms with Crippen LogP contribution in [0, 0.1) is 24.7 Å². The van der Waals surface area contributed by atoms with Gasteiger partial charge in [0.15, 0.2) is 16.7 Å². The zero-order chi connectivity index (χ0) is 29.2. The maximum Gasteiger partial charge on any atom is 0.255 e. The minimum absolute atomic E-state index is 0.0606. The standard InChI is InChI=1S/C28H33N5O6S/c1-11-10-40-28(31-11)30-9-13-8-16(32(2)3)14-6-12-7-15-19(24(36)17(12)23(35)18(14)22(13)34)25(37)20(27(29)39)26(38)21(15)33(4)5/h8,10,12,15,19,21,34-35,38H,6-7,9H2,1-5H3,(H2,29,39)(H,30,31). The molecule has 1 aromatic carbocycles. The lowest BCUT2D eigenvalue weighted by molar-refractivity contribution is -0.136. The number of hydrogen-bond acceptors (Lipinski definition) is 11. The predicted molar refractivity (Wildman–Crippen MR) is 151 cm³/mol. The quantitative estimate of drug-likeness (QED) is 0.258. The maximum absolute atomic E-state index is 14.0. The molecule has 1 aromatic heterocycles. The monoisotopic (exact) mass is 567 g/mol. The van der Waals surface area contributed by atoms with Crippen LogP contribution >= 0.6 is 11.3 Å². The summed E-state index contributed by atoms with van der Waals surface area (Å²) in [5, 5.41) is 39.6. The van der Waals surface area contributed by atoms with E-state index < -0.39 is 52.6 Å². The van der Waals surface area contributed by atoms with Crippen LogP contribution in [0.1, 0.15) is 28.8 Å². The first-order chi connectivity index (χ1) is 18.8. The fraction of sp³-hybridized carbons (Fsp3) is 0.429. The van der Waals surface area contributed by atoms with Gasteiger partial charge in [0.2, 0.25) is 0 Å². The third-order valence-corrected chi connectivity index (χ3v) is 9.07. The van der Waals surface area contributed by atoms with Crippen molar-refractivity contribution in [3.63, 3.8) is 0 Å². The second-order valence-corrected chi connectivity index (χ2v) is 12.0. The number of Topliss-reactive ketones (excluding diaryl/α,β-unsaturated/α-hetero) is 2. The molecule has 0 saturated heterocycles. The topological polar surface area (TPSA) is 169 Å². The summed E-state index contributed by atoms with van der Waals surface area (Å²) >= 11 is 1.44. The molecule has 212 valence electrons. The summed E-state index contributed by atoms with van der Waals surface area (Å²) in [4.78, 5) is 47.4. The molecule has 0 radical (unpaired) electrons. The van der Waals surface area contributed by atoms with E-state index in [1.54, 1.807) is 19.0 Å². The number of primary amides is 1. The van der Waals surface area contributed by atoms with Gasteiger partial charge in [0.05, 0.1) is 23.2 Å². The average molecular weight is 568 g/mol. The first-order valence-electron chi connectivity index (χ1n) is 13.0. The number of aromatic hydroxyl groups is 1. The molecule has 5 rings (SSSR count). The summed E-state index contributed by atoms with van der Waals surface area (Å²) < 4.78 is 0. The third kappa shape index (κ3) is 4.22. The van der Waals surface area contributed by atoms with Crippen molar-refractivity contribution in [3.05, 3.63) is 50.7 Å². The first-order valence-corrected chi connectivity index (χ1v) is 13.8. The predicted octanol–water partition coefficient (Wildman–Crippen LogP) is 2.29. The maximum atomic E-state index is 14.0. The third-order valence-electron chi connectivity index (χ3n) is 8.15. The molecule has 0 bridgehead atoms. The molecule has 0 spiro atoms. The van der Waals surface area contributed by atoms with Gasteiger partial charge >= 0.3 is 0 Å². The van der Waals surface area contributed by atoms with E-state index in [-0.39, 0.29) is 29.2 Å². The van der Waals surface area contributed by atoms with Crippen LogP contribution in [0.3, 0.4) is 0 Å². The molecular formula is C28H33N5O6S. The van der Waals surface area contributed by atoms with Gasteiger partial charge in [-0.1, -0.05) is 0 Å². The summed E-state index contributed by atoms with van der Waals surface area (Å²) in [6.45, 7) is 2.11. The molecular weight excluding hydrogens is 534 g/mol. The number of anilines is 2. The summed E-state index contributed by atoms with van der Waals surface area (Å²) in [5.41, 5.74) is 7.93. The van der Waals surface area contributed by atoms with Crippen molar-refractivity contribution in [2.24, 2.45) is 23.5 Å². The molecule has 11 nitrogen and oxygen atoms in total. The number of benzene rings is 1. The molecule has 1 heterocycles. The number of carbonyl (C=O) groups excluding carboxylic acids is 3. The molecule has 2 aromatic rings. The van der Waals surface area contributed by atoms with Gasteiger partial charge in [-0.25, -0.2) is 4.98 Å². The zero-order valence-corrected chi connectivity index (χ0v) is 23.8. The SMILES string of the molecule is Cc1csc(NCc2cc(N(C)C)c3c(c2O)C(O)=C2C(=O)C4C(=O)C(C(N)=O)=C(O)C(N(C)C)C4CC2C3)n1. The number of thiazole rings is 1. The highest BCUT2D eigenvalue weighted by atomic mass is 32.1. The number of likely N-dealkylation sites (N-methyl/N-ethyl adjacent to an activating group) is 1. The number of amides is 1. The summed E-state index contributed by atoms with van der Waals surface area (Å²) in [5.74, 6) is -5.86. The molecule has 0 aliphatic heterocycles. The smallest absolute Gasteiger partial charge is 0.255 e. The van der Waals surface area contributed by atoms with Crippen LogP contribution in [-0.4, -0.2) is 76.9 Å². The Morgan fingerprint density at radius 1 is 1.18 bits per heavy atom. The molecule has 40 heavy (non-hydrogen) atoms. The first kappa shape index (κ1) is 27.7. The van der Waals surface area contributed by atoms with Gasteiger partial charge in [-0.3, -0.25) is 19.3 Å². The van der Waals surface area contributed by atoms with Crippen LogP contribution < -0.4 is 16.0 Å². The number of phenolic OH excluding ortho intramolecular Hbond substituents is 1. The Balaban J connectivity index is 1.62. The molecule has 1 saturated carbocycles. The molecule has 3 aliphatic carbocycles. The Bertz CT molecular complexity index is 1510. The normalized spacial score (nSPS) is 24.1. The number of hydrogen-bond donors (Lipinski definition) is 5. The van der Waals surface area contributed by atoms with Gasteiger partial charge in [0.1, 0.15) is 22.8 Å². The number of aliphatic hydroxyl groups excluding tert-OH is 2. The highest BCUT2D eigenvalue weighted by molar-refractivity contribution is 7.13.